The summed E-state index contributed by atoms with van der Waals surface area (Å²) >= 11 is 11.8. The molecule has 0 amide bonds. The molecule has 92 valence electrons. The van der Waals surface area contributed by atoms with Crippen molar-refractivity contribution in [2.45, 2.75) is 26.8 Å². The quantitative estimate of drug-likeness (QED) is 0.764. The van der Waals surface area contributed by atoms with Crippen LogP contribution < -0.4 is 0 Å². The number of aromatic nitrogens is 2. The molecule has 0 aliphatic carbocycles. The van der Waals surface area contributed by atoms with E-state index in [2.05, 4.69) is 23.4 Å². The monoisotopic (exact) mass is 270 g/mol. The van der Waals surface area contributed by atoms with Gasteiger partial charge in [-0.2, -0.15) is 0 Å². The van der Waals surface area contributed by atoms with Gasteiger partial charge in [0.05, 0.1) is 11.0 Å². The lowest BCUT2D eigenvalue weighted by Gasteiger charge is -2.10. The van der Waals surface area contributed by atoms with Gasteiger partial charge >= 0.3 is 0 Å². The maximum Gasteiger partial charge on any atom is 0.111 e. The van der Waals surface area contributed by atoms with E-state index in [4.69, 9.17) is 23.2 Å². The van der Waals surface area contributed by atoms with E-state index in [9.17, 15) is 0 Å². The second kappa shape index (κ2) is 5.28. The van der Waals surface area contributed by atoms with E-state index in [0.29, 0.717) is 11.8 Å². The molecule has 2 rings (SSSR count). The molecule has 1 heterocycles. The van der Waals surface area contributed by atoms with Crippen molar-refractivity contribution in [2.75, 3.05) is 5.88 Å². The van der Waals surface area contributed by atoms with E-state index >= 15 is 0 Å². The third-order valence-corrected chi connectivity index (χ3v) is 3.08. The SMILES string of the molecule is CC(C)Cn1c(CCCl)nc2cc(Cl)ccc21. The van der Waals surface area contributed by atoms with Gasteiger partial charge in [-0.1, -0.05) is 25.4 Å². The normalized spacial score (nSPS) is 11.6. The number of imidazole rings is 1. The Labute approximate surface area is 112 Å². The Bertz CT molecular complexity index is 517. The van der Waals surface area contributed by atoms with Gasteiger partial charge in [-0.15, -0.1) is 11.6 Å². The lowest BCUT2D eigenvalue weighted by Crippen LogP contribution is -2.09. The summed E-state index contributed by atoms with van der Waals surface area (Å²) in [6.07, 6.45) is 0.792. The summed E-state index contributed by atoms with van der Waals surface area (Å²) < 4.78 is 2.25. The maximum atomic E-state index is 5.99. The fourth-order valence-electron chi connectivity index (χ4n) is 2.00. The van der Waals surface area contributed by atoms with E-state index < -0.39 is 0 Å². The van der Waals surface area contributed by atoms with Crippen molar-refractivity contribution in [1.29, 1.82) is 0 Å². The van der Waals surface area contributed by atoms with Crippen LogP contribution in [0.1, 0.15) is 19.7 Å². The molecule has 0 spiro atoms. The van der Waals surface area contributed by atoms with Crippen LogP contribution in [0.3, 0.4) is 0 Å². The van der Waals surface area contributed by atoms with Gasteiger partial charge in [0, 0.05) is 23.9 Å². The number of aryl methyl sites for hydroxylation is 1. The fraction of sp³-hybridized carbons (Fsp3) is 0.462. The number of rotatable bonds is 4. The van der Waals surface area contributed by atoms with Crippen molar-refractivity contribution in [3.8, 4) is 0 Å². The zero-order valence-corrected chi connectivity index (χ0v) is 11.6. The minimum Gasteiger partial charge on any atom is -0.328 e. The number of halogens is 2. The van der Waals surface area contributed by atoms with Crippen molar-refractivity contribution < 1.29 is 0 Å². The minimum atomic E-state index is 0.581. The number of fused-ring (bicyclic) bond motifs is 1. The van der Waals surface area contributed by atoms with Crippen LogP contribution in [0.4, 0.5) is 0 Å². The van der Waals surface area contributed by atoms with Crippen LogP contribution in [0.2, 0.25) is 5.02 Å². The van der Waals surface area contributed by atoms with Crippen molar-refractivity contribution in [3.05, 3.63) is 29.0 Å². The molecule has 17 heavy (non-hydrogen) atoms. The van der Waals surface area contributed by atoms with E-state index in [1.165, 1.54) is 0 Å². The molecule has 0 unspecified atom stereocenters. The lowest BCUT2D eigenvalue weighted by molar-refractivity contribution is 0.519. The van der Waals surface area contributed by atoms with Gasteiger partial charge < -0.3 is 4.57 Å². The molecule has 0 saturated heterocycles. The first-order chi connectivity index (χ1) is 8.11. The molecular formula is C13H16Cl2N2. The first-order valence-electron chi connectivity index (χ1n) is 5.82. The Morgan fingerprint density at radius 2 is 2.12 bits per heavy atom. The lowest BCUT2D eigenvalue weighted by atomic mass is 10.2. The van der Waals surface area contributed by atoms with Gasteiger partial charge in [0.15, 0.2) is 0 Å². The van der Waals surface area contributed by atoms with E-state index in [1.807, 2.05) is 18.2 Å². The Morgan fingerprint density at radius 1 is 1.35 bits per heavy atom. The van der Waals surface area contributed by atoms with Crippen LogP contribution in [0.25, 0.3) is 11.0 Å². The third kappa shape index (κ3) is 2.75. The highest BCUT2D eigenvalue weighted by molar-refractivity contribution is 6.31. The molecule has 0 radical (unpaired) electrons. The predicted octanol–water partition coefficient (Wildman–Crippen LogP) is 4.13. The molecule has 0 atom stereocenters. The van der Waals surface area contributed by atoms with Crippen LogP contribution in [-0.2, 0) is 13.0 Å². The summed E-state index contributed by atoms with van der Waals surface area (Å²) in [6.45, 7) is 5.36. The molecule has 0 aliphatic heterocycles. The van der Waals surface area contributed by atoms with Crippen molar-refractivity contribution in [3.63, 3.8) is 0 Å². The summed E-state index contributed by atoms with van der Waals surface area (Å²) in [5, 5.41) is 0.726. The molecule has 0 bridgehead atoms. The largest absolute Gasteiger partial charge is 0.328 e. The summed E-state index contributed by atoms with van der Waals surface area (Å²) in [4.78, 5) is 4.61. The summed E-state index contributed by atoms with van der Waals surface area (Å²) in [5.74, 6) is 2.22. The molecule has 0 saturated carbocycles. The molecule has 2 nitrogen and oxygen atoms in total. The molecule has 0 aliphatic rings. The standard InChI is InChI=1S/C13H16Cl2N2/c1-9(2)8-17-12-4-3-10(15)7-11(12)16-13(17)5-6-14/h3-4,7,9H,5-6,8H2,1-2H3. The van der Waals surface area contributed by atoms with Gasteiger partial charge in [-0.3, -0.25) is 0 Å². The highest BCUT2D eigenvalue weighted by Gasteiger charge is 2.11. The van der Waals surface area contributed by atoms with Gasteiger partial charge in [0.1, 0.15) is 5.82 Å². The number of hydrogen-bond acceptors (Lipinski definition) is 1. The maximum absolute atomic E-state index is 5.99. The van der Waals surface area contributed by atoms with E-state index in [1.54, 1.807) is 0 Å². The van der Waals surface area contributed by atoms with E-state index in [-0.39, 0.29) is 0 Å². The summed E-state index contributed by atoms with van der Waals surface area (Å²) in [7, 11) is 0. The topological polar surface area (TPSA) is 17.8 Å². The molecule has 0 N–H and O–H groups in total. The number of hydrogen-bond donors (Lipinski definition) is 0. The van der Waals surface area contributed by atoms with Crippen molar-refractivity contribution >= 4 is 34.2 Å². The minimum absolute atomic E-state index is 0.581. The first kappa shape index (κ1) is 12.7. The zero-order valence-electron chi connectivity index (χ0n) is 10.1. The molecule has 1 aromatic heterocycles. The Morgan fingerprint density at radius 3 is 2.76 bits per heavy atom. The molecule has 2 aromatic rings. The van der Waals surface area contributed by atoms with Crippen LogP contribution in [-0.4, -0.2) is 15.4 Å². The van der Waals surface area contributed by atoms with Crippen LogP contribution >= 0.6 is 23.2 Å². The number of alkyl halides is 1. The summed E-state index contributed by atoms with van der Waals surface area (Å²) in [6, 6.07) is 5.85. The highest BCUT2D eigenvalue weighted by atomic mass is 35.5. The Kier molecular flexibility index (Phi) is 3.95. The third-order valence-electron chi connectivity index (χ3n) is 2.66. The Hall–Kier alpha value is -0.730. The zero-order chi connectivity index (χ0) is 12.4. The smallest absolute Gasteiger partial charge is 0.111 e. The van der Waals surface area contributed by atoms with Crippen molar-refractivity contribution in [1.82, 2.24) is 9.55 Å². The second-order valence-corrected chi connectivity index (χ2v) is 5.42. The van der Waals surface area contributed by atoms with Gasteiger partial charge in [0.2, 0.25) is 0 Å². The summed E-state index contributed by atoms with van der Waals surface area (Å²) in [5.41, 5.74) is 2.10. The Balaban J connectivity index is 2.54. The highest BCUT2D eigenvalue weighted by Crippen LogP contribution is 2.22. The predicted molar refractivity (Wildman–Crippen MR) is 74.0 cm³/mol. The van der Waals surface area contributed by atoms with Crippen LogP contribution in [0.5, 0.6) is 0 Å². The van der Waals surface area contributed by atoms with Crippen LogP contribution in [0, 0.1) is 5.92 Å². The molecular weight excluding hydrogens is 255 g/mol. The van der Waals surface area contributed by atoms with E-state index in [0.717, 1.165) is 34.8 Å². The molecule has 4 heteroatoms. The van der Waals surface area contributed by atoms with Gasteiger partial charge in [0.25, 0.3) is 0 Å². The van der Waals surface area contributed by atoms with Gasteiger partial charge in [-0.05, 0) is 24.1 Å². The van der Waals surface area contributed by atoms with Crippen LogP contribution in [0.15, 0.2) is 18.2 Å². The number of nitrogens with zero attached hydrogens (tertiary/aromatic N) is 2. The van der Waals surface area contributed by atoms with Gasteiger partial charge in [-0.25, -0.2) is 4.98 Å². The number of benzene rings is 1. The fourth-order valence-corrected chi connectivity index (χ4v) is 2.33. The first-order valence-corrected chi connectivity index (χ1v) is 6.73. The average Bonchev–Trinajstić information content (AvgIpc) is 2.56. The van der Waals surface area contributed by atoms with Crippen molar-refractivity contribution in [2.24, 2.45) is 5.92 Å². The molecule has 1 aromatic carbocycles. The average molecular weight is 271 g/mol. The molecule has 0 fully saturated rings. The second-order valence-electron chi connectivity index (χ2n) is 4.60.